The van der Waals surface area contributed by atoms with Gasteiger partial charge in [-0.3, -0.25) is 9.59 Å². The lowest BCUT2D eigenvalue weighted by Gasteiger charge is -2.22. The van der Waals surface area contributed by atoms with E-state index in [4.69, 9.17) is 4.74 Å². The van der Waals surface area contributed by atoms with Gasteiger partial charge in [0.2, 0.25) is 5.91 Å². The molecule has 6 heteroatoms. The fourth-order valence-electron chi connectivity index (χ4n) is 13.4. The highest BCUT2D eigenvalue weighted by atomic mass is 16.5. The fraction of sp³-hybridized carbons (Fsp3) is 0.929. The second kappa shape index (κ2) is 79.8. The molecule has 0 bridgehead atoms. The summed E-state index contributed by atoms with van der Waals surface area (Å²) in [7, 11) is 0. The minimum atomic E-state index is -0.664. The van der Waals surface area contributed by atoms with E-state index in [0.29, 0.717) is 25.9 Å². The molecular formula is C84H163NO5. The molecule has 0 heterocycles. The van der Waals surface area contributed by atoms with Gasteiger partial charge in [-0.25, -0.2) is 0 Å². The maximum absolute atomic E-state index is 12.6. The average molecular weight is 1270 g/mol. The molecule has 2 atom stereocenters. The molecule has 0 aromatic rings. The van der Waals surface area contributed by atoms with Crippen LogP contribution in [0, 0.1) is 0 Å². The molecule has 0 saturated carbocycles. The number of allylic oxidation sites excluding steroid dienone is 4. The largest absolute Gasteiger partial charge is 0.466 e. The lowest BCUT2D eigenvalue weighted by atomic mass is 10.0. The lowest BCUT2D eigenvalue weighted by Crippen LogP contribution is -2.45. The Labute approximate surface area is 564 Å². The van der Waals surface area contributed by atoms with Crippen molar-refractivity contribution in [3.63, 3.8) is 0 Å². The Morgan fingerprint density at radius 1 is 0.311 bits per heavy atom. The van der Waals surface area contributed by atoms with Crippen molar-refractivity contribution in [1.82, 2.24) is 5.32 Å². The second-order valence-electron chi connectivity index (χ2n) is 28.8. The standard InChI is InChI=1S/C84H163NO5/c1-3-5-7-9-11-13-15-17-19-21-23-37-41-44-48-52-56-60-64-68-72-76-82(87)81(80-86)85-83(88)77-73-69-65-61-57-53-49-45-42-38-35-33-31-29-27-25-24-26-28-30-32-34-36-39-43-47-51-55-59-63-67-71-75-79-90-84(89)78-74-70-66-62-58-54-50-46-40-22-20-18-16-14-12-10-8-6-4-2/h28,30,34,36,81-82,86-87H,3-27,29,31-33,35,37-80H2,1-2H3,(H,85,88)/b30-28-,36-34-. The van der Waals surface area contributed by atoms with Crippen molar-refractivity contribution in [2.24, 2.45) is 0 Å². The summed E-state index contributed by atoms with van der Waals surface area (Å²) in [4.78, 5) is 24.7. The first-order chi connectivity index (χ1) is 44.5. The molecule has 534 valence electrons. The van der Waals surface area contributed by atoms with Crippen molar-refractivity contribution < 1.29 is 24.5 Å². The second-order valence-corrected chi connectivity index (χ2v) is 28.8. The number of ether oxygens (including phenoxy) is 1. The minimum Gasteiger partial charge on any atom is -0.466 e. The number of esters is 1. The van der Waals surface area contributed by atoms with E-state index in [1.807, 2.05) is 0 Å². The van der Waals surface area contributed by atoms with Crippen LogP contribution in [0.4, 0.5) is 0 Å². The Hall–Kier alpha value is -1.66. The smallest absolute Gasteiger partial charge is 0.305 e. The van der Waals surface area contributed by atoms with Gasteiger partial charge in [0.05, 0.1) is 25.4 Å². The summed E-state index contributed by atoms with van der Waals surface area (Å²) in [5, 5.41) is 23.5. The molecule has 0 fully saturated rings. The van der Waals surface area contributed by atoms with Crippen LogP contribution >= 0.6 is 0 Å². The van der Waals surface area contributed by atoms with Crippen molar-refractivity contribution in [3.8, 4) is 0 Å². The zero-order valence-corrected chi connectivity index (χ0v) is 61.4. The van der Waals surface area contributed by atoms with Crippen molar-refractivity contribution in [2.75, 3.05) is 13.2 Å². The van der Waals surface area contributed by atoms with Gasteiger partial charge in [0, 0.05) is 12.8 Å². The molecule has 0 radical (unpaired) electrons. The predicted molar refractivity (Wildman–Crippen MR) is 398 cm³/mol. The summed E-state index contributed by atoms with van der Waals surface area (Å²) in [6.45, 7) is 5.01. The van der Waals surface area contributed by atoms with Gasteiger partial charge in [0.25, 0.3) is 0 Å². The maximum atomic E-state index is 12.6. The third kappa shape index (κ3) is 75.4. The van der Waals surface area contributed by atoms with Gasteiger partial charge < -0.3 is 20.3 Å². The number of rotatable bonds is 79. The Kier molecular flexibility index (Phi) is 78.3. The summed E-state index contributed by atoms with van der Waals surface area (Å²) in [5.74, 6) is -0.00738. The predicted octanol–water partition coefficient (Wildman–Crippen LogP) is 27.6. The van der Waals surface area contributed by atoms with E-state index in [2.05, 4.69) is 43.5 Å². The van der Waals surface area contributed by atoms with Crippen LogP contribution in [0.5, 0.6) is 0 Å². The molecule has 1 amide bonds. The zero-order chi connectivity index (χ0) is 64.9. The molecule has 0 saturated heterocycles. The normalized spacial score (nSPS) is 12.5. The number of aliphatic hydroxyl groups is 2. The monoisotopic (exact) mass is 1270 g/mol. The van der Waals surface area contributed by atoms with E-state index >= 15 is 0 Å². The van der Waals surface area contributed by atoms with Gasteiger partial charge in [-0.05, 0) is 57.8 Å². The van der Waals surface area contributed by atoms with Gasteiger partial charge in [-0.2, -0.15) is 0 Å². The number of hydrogen-bond acceptors (Lipinski definition) is 5. The van der Waals surface area contributed by atoms with Crippen molar-refractivity contribution in [3.05, 3.63) is 24.3 Å². The molecule has 3 N–H and O–H groups in total. The number of aliphatic hydroxyl groups excluding tert-OH is 2. The van der Waals surface area contributed by atoms with Crippen LogP contribution in [0.25, 0.3) is 0 Å². The number of amides is 1. The Morgan fingerprint density at radius 2 is 0.556 bits per heavy atom. The topological polar surface area (TPSA) is 95.9 Å². The van der Waals surface area contributed by atoms with Crippen molar-refractivity contribution >= 4 is 11.9 Å². The van der Waals surface area contributed by atoms with Gasteiger partial charge in [0.1, 0.15) is 0 Å². The number of hydrogen-bond donors (Lipinski definition) is 3. The summed E-state index contributed by atoms with van der Waals surface area (Å²) >= 11 is 0. The summed E-state index contributed by atoms with van der Waals surface area (Å²) < 4.78 is 5.52. The first-order valence-electron chi connectivity index (χ1n) is 41.6. The van der Waals surface area contributed by atoms with Gasteiger partial charge >= 0.3 is 5.97 Å². The fourth-order valence-corrected chi connectivity index (χ4v) is 13.4. The van der Waals surface area contributed by atoms with E-state index in [1.165, 1.54) is 398 Å². The molecule has 0 aromatic carbocycles. The van der Waals surface area contributed by atoms with Crippen LogP contribution in [0.1, 0.15) is 476 Å². The highest BCUT2D eigenvalue weighted by molar-refractivity contribution is 5.76. The van der Waals surface area contributed by atoms with Crippen LogP contribution in [0.2, 0.25) is 0 Å². The number of nitrogens with one attached hydrogen (secondary N) is 1. The Balaban J connectivity index is 3.36. The van der Waals surface area contributed by atoms with Crippen molar-refractivity contribution in [1.29, 1.82) is 0 Å². The molecule has 0 aliphatic rings. The molecular weight excluding hydrogens is 1100 g/mol. The first kappa shape index (κ1) is 88.3. The van der Waals surface area contributed by atoms with Crippen molar-refractivity contribution in [2.45, 2.75) is 488 Å². The summed E-state index contributed by atoms with van der Waals surface area (Å²) in [5.41, 5.74) is 0. The Morgan fingerprint density at radius 3 is 0.844 bits per heavy atom. The molecule has 0 rings (SSSR count). The van der Waals surface area contributed by atoms with Crippen LogP contribution in [-0.4, -0.2) is 47.4 Å². The van der Waals surface area contributed by atoms with E-state index < -0.39 is 12.1 Å². The molecule has 0 aromatic heterocycles. The highest BCUT2D eigenvalue weighted by Crippen LogP contribution is 2.20. The molecule has 2 unspecified atom stereocenters. The average Bonchev–Trinajstić information content (AvgIpc) is 3.59. The number of unbranched alkanes of at least 4 members (excludes halogenated alkanes) is 64. The van der Waals surface area contributed by atoms with Gasteiger partial charge in [0.15, 0.2) is 0 Å². The van der Waals surface area contributed by atoms with Gasteiger partial charge in [-0.15, -0.1) is 0 Å². The highest BCUT2D eigenvalue weighted by Gasteiger charge is 2.20. The third-order valence-corrected chi connectivity index (χ3v) is 19.8. The van der Waals surface area contributed by atoms with Crippen LogP contribution in [0.3, 0.4) is 0 Å². The number of carbonyl (C=O) groups is 2. The van der Waals surface area contributed by atoms with E-state index in [9.17, 15) is 19.8 Å². The van der Waals surface area contributed by atoms with E-state index in [1.54, 1.807) is 0 Å². The van der Waals surface area contributed by atoms with Crippen LogP contribution in [-0.2, 0) is 14.3 Å². The SMILES string of the molecule is CCCCCCCCCCCCCCCCCCCCCCCC(O)C(CO)NC(=O)CCCCCCCCCCCCCCCCCCC/C=C\C/C=C\CCCCCCCCCCCOC(=O)CCCCCCCCCCCCCCCCCCCCC. The van der Waals surface area contributed by atoms with E-state index in [0.717, 1.165) is 44.9 Å². The lowest BCUT2D eigenvalue weighted by molar-refractivity contribution is -0.143. The molecule has 6 nitrogen and oxygen atoms in total. The van der Waals surface area contributed by atoms with E-state index in [-0.39, 0.29) is 18.5 Å². The molecule has 0 spiro atoms. The first-order valence-corrected chi connectivity index (χ1v) is 41.6. The van der Waals surface area contributed by atoms with Crippen LogP contribution < -0.4 is 5.32 Å². The minimum absolute atomic E-state index is 0.0202. The summed E-state index contributed by atoms with van der Waals surface area (Å²) in [6.07, 6.45) is 103. The molecule has 0 aliphatic heterocycles. The number of carbonyl (C=O) groups excluding carboxylic acids is 2. The molecule has 0 aliphatic carbocycles. The zero-order valence-electron chi connectivity index (χ0n) is 61.4. The quantitative estimate of drug-likeness (QED) is 0.0320. The van der Waals surface area contributed by atoms with Gasteiger partial charge in [-0.1, -0.05) is 430 Å². The van der Waals surface area contributed by atoms with Crippen LogP contribution in [0.15, 0.2) is 24.3 Å². The Bertz CT molecular complexity index is 1410. The summed E-state index contributed by atoms with van der Waals surface area (Å²) in [6, 6.07) is -0.541. The molecule has 90 heavy (non-hydrogen) atoms. The third-order valence-electron chi connectivity index (χ3n) is 19.8. The maximum Gasteiger partial charge on any atom is 0.305 e.